The summed E-state index contributed by atoms with van der Waals surface area (Å²) in [5.74, 6) is 1.69. The summed E-state index contributed by atoms with van der Waals surface area (Å²) in [6, 6.07) is 9.53. The summed E-state index contributed by atoms with van der Waals surface area (Å²) in [6.07, 6.45) is 1.65. The van der Waals surface area contributed by atoms with Gasteiger partial charge in [-0.3, -0.25) is 14.5 Å². The zero-order valence-electron chi connectivity index (χ0n) is 20.1. The molecule has 1 aliphatic heterocycles. The number of carbonyl (C=O) groups excluding carboxylic acids is 2. The molecule has 3 rings (SSSR count). The van der Waals surface area contributed by atoms with Gasteiger partial charge in [0.05, 0.1) is 29.7 Å². The second kappa shape index (κ2) is 11.7. The summed E-state index contributed by atoms with van der Waals surface area (Å²) in [6.45, 7) is 11.2. The van der Waals surface area contributed by atoms with Crippen LogP contribution in [-0.2, 0) is 4.79 Å². The molecule has 1 fully saturated rings. The molecule has 1 aliphatic rings. The Morgan fingerprint density at radius 2 is 1.76 bits per heavy atom. The number of thioether (sulfide) groups is 1. The van der Waals surface area contributed by atoms with E-state index in [4.69, 9.17) is 25.8 Å². The van der Waals surface area contributed by atoms with Crippen LogP contribution in [0.2, 0.25) is 5.02 Å². The summed E-state index contributed by atoms with van der Waals surface area (Å²) in [4.78, 5) is 27.0. The molecule has 0 unspecified atom stereocenters. The van der Waals surface area contributed by atoms with Crippen LogP contribution in [0.15, 0.2) is 35.2 Å². The zero-order valence-corrected chi connectivity index (χ0v) is 21.7. The first kappa shape index (κ1) is 26.0. The maximum absolute atomic E-state index is 12.9. The number of nitrogens with zero attached hydrogens (tertiary/aromatic N) is 1. The van der Waals surface area contributed by atoms with E-state index < -0.39 is 0 Å². The van der Waals surface area contributed by atoms with Gasteiger partial charge >= 0.3 is 0 Å². The summed E-state index contributed by atoms with van der Waals surface area (Å²) in [5, 5.41) is 0.0565. The van der Waals surface area contributed by atoms with Gasteiger partial charge in [-0.2, -0.15) is 0 Å². The van der Waals surface area contributed by atoms with Gasteiger partial charge < -0.3 is 14.2 Å². The molecule has 0 spiro atoms. The van der Waals surface area contributed by atoms with Gasteiger partial charge in [-0.1, -0.05) is 37.6 Å². The molecule has 2 aromatic carbocycles. The molecule has 0 bridgehead atoms. The molecule has 182 valence electrons. The molecule has 1 heterocycles. The molecule has 6 nitrogen and oxygen atoms in total. The normalized spacial score (nSPS) is 14.9. The van der Waals surface area contributed by atoms with Crippen molar-refractivity contribution in [1.29, 1.82) is 0 Å². The summed E-state index contributed by atoms with van der Waals surface area (Å²) in [7, 11) is 0. The summed E-state index contributed by atoms with van der Waals surface area (Å²) >= 11 is 7.28. The van der Waals surface area contributed by atoms with Crippen LogP contribution in [0.3, 0.4) is 0 Å². The van der Waals surface area contributed by atoms with Crippen LogP contribution in [0.4, 0.5) is 4.79 Å². The Morgan fingerprint density at radius 1 is 1.03 bits per heavy atom. The van der Waals surface area contributed by atoms with Crippen LogP contribution >= 0.6 is 23.4 Å². The largest absolute Gasteiger partial charge is 0.491 e. The van der Waals surface area contributed by atoms with Gasteiger partial charge in [0.1, 0.15) is 12.4 Å². The van der Waals surface area contributed by atoms with Crippen LogP contribution < -0.4 is 14.2 Å². The third-order valence-corrected chi connectivity index (χ3v) is 6.34. The molecule has 34 heavy (non-hydrogen) atoms. The van der Waals surface area contributed by atoms with E-state index in [1.54, 1.807) is 18.2 Å². The highest BCUT2D eigenvalue weighted by atomic mass is 35.5. The van der Waals surface area contributed by atoms with Crippen molar-refractivity contribution in [2.24, 2.45) is 0 Å². The Kier molecular flexibility index (Phi) is 8.91. The lowest BCUT2D eigenvalue weighted by Crippen LogP contribution is -2.32. The van der Waals surface area contributed by atoms with Gasteiger partial charge in [-0.25, -0.2) is 0 Å². The number of benzene rings is 2. The van der Waals surface area contributed by atoms with E-state index in [-0.39, 0.29) is 24.3 Å². The highest BCUT2D eigenvalue weighted by molar-refractivity contribution is 8.18. The van der Waals surface area contributed by atoms with E-state index in [2.05, 4.69) is 19.9 Å². The summed E-state index contributed by atoms with van der Waals surface area (Å²) in [5.41, 5.74) is 2.84. The Labute approximate surface area is 210 Å². The Hall–Kier alpha value is -2.64. The summed E-state index contributed by atoms with van der Waals surface area (Å²) < 4.78 is 17.2. The topological polar surface area (TPSA) is 65.1 Å². The molecule has 1 saturated heterocycles. The van der Waals surface area contributed by atoms with Crippen molar-refractivity contribution >= 4 is 40.6 Å². The minimum absolute atomic E-state index is 0.168. The second-order valence-corrected chi connectivity index (χ2v) is 9.47. The Balaban J connectivity index is 1.73. The zero-order chi connectivity index (χ0) is 24.8. The molecule has 0 aromatic heterocycles. The van der Waals surface area contributed by atoms with E-state index in [0.29, 0.717) is 46.1 Å². The van der Waals surface area contributed by atoms with Gasteiger partial charge in [0.2, 0.25) is 0 Å². The SMILES string of the molecule is CCOc1cc(/C=C2\SC(=O)N(CCOc3cc(C)ccc3C(C)C)C2=O)cc(Cl)c1OCC. The van der Waals surface area contributed by atoms with Crippen molar-refractivity contribution in [3.05, 3.63) is 56.9 Å². The Morgan fingerprint density at radius 3 is 2.44 bits per heavy atom. The van der Waals surface area contributed by atoms with Crippen LogP contribution in [0.1, 0.15) is 50.3 Å². The average Bonchev–Trinajstić information content (AvgIpc) is 3.03. The van der Waals surface area contributed by atoms with Crippen molar-refractivity contribution < 1.29 is 23.8 Å². The van der Waals surface area contributed by atoms with E-state index in [1.807, 2.05) is 32.9 Å². The molecule has 0 atom stereocenters. The van der Waals surface area contributed by atoms with Crippen LogP contribution in [-0.4, -0.2) is 42.4 Å². The monoisotopic (exact) mass is 503 g/mol. The number of imide groups is 1. The predicted octanol–water partition coefficient (Wildman–Crippen LogP) is 6.68. The highest BCUT2D eigenvalue weighted by Gasteiger charge is 2.35. The van der Waals surface area contributed by atoms with Crippen LogP contribution in [0.25, 0.3) is 6.08 Å². The fourth-order valence-electron chi connectivity index (χ4n) is 3.55. The third kappa shape index (κ3) is 6.07. The van der Waals surface area contributed by atoms with Gasteiger partial charge in [-0.05, 0) is 79.4 Å². The fourth-order valence-corrected chi connectivity index (χ4v) is 4.69. The number of aryl methyl sites for hydroxylation is 1. The van der Waals surface area contributed by atoms with Gasteiger partial charge in [0.15, 0.2) is 11.5 Å². The number of halogens is 1. The van der Waals surface area contributed by atoms with Crippen molar-refractivity contribution in [2.75, 3.05) is 26.4 Å². The Bertz CT molecular complexity index is 1100. The number of hydrogen-bond donors (Lipinski definition) is 0. The highest BCUT2D eigenvalue weighted by Crippen LogP contribution is 2.39. The second-order valence-electron chi connectivity index (χ2n) is 8.07. The fraction of sp³-hybridized carbons (Fsp3) is 0.385. The van der Waals surface area contributed by atoms with E-state index in [9.17, 15) is 9.59 Å². The van der Waals surface area contributed by atoms with Crippen molar-refractivity contribution in [3.8, 4) is 17.2 Å². The molecular formula is C26H30ClNO5S. The molecular weight excluding hydrogens is 474 g/mol. The van der Waals surface area contributed by atoms with Gasteiger partial charge in [0.25, 0.3) is 11.1 Å². The number of ether oxygens (including phenoxy) is 3. The number of hydrogen-bond acceptors (Lipinski definition) is 6. The molecule has 0 N–H and O–H groups in total. The van der Waals surface area contributed by atoms with Crippen molar-refractivity contribution in [2.45, 2.75) is 40.5 Å². The van der Waals surface area contributed by atoms with Gasteiger partial charge in [0, 0.05) is 0 Å². The predicted molar refractivity (Wildman–Crippen MR) is 137 cm³/mol. The standard InChI is InChI=1S/C26H30ClNO5S/c1-6-31-22-14-18(13-20(27)24(22)32-7-2)15-23-25(29)28(26(30)34-23)10-11-33-21-12-17(5)8-9-19(21)16(3)4/h8-9,12-16H,6-7,10-11H2,1-5H3/b23-15-. The average molecular weight is 504 g/mol. The lowest BCUT2D eigenvalue weighted by Gasteiger charge is -2.17. The molecule has 8 heteroatoms. The number of rotatable bonds is 10. The minimum atomic E-state index is -0.352. The maximum Gasteiger partial charge on any atom is 0.293 e. The smallest absolute Gasteiger partial charge is 0.293 e. The van der Waals surface area contributed by atoms with E-state index in [1.165, 1.54) is 4.90 Å². The molecule has 2 amide bonds. The number of amides is 2. The molecule has 2 aromatic rings. The maximum atomic E-state index is 12.9. The van der Waals surface area contributed by atoms with E-state index in [0.717, 1.165) is 28.6 Å². The van der Waals surface area contributed by atoms with E-state index >= 15 is 0 Å². The van der Waals surface area contributed by atoms with Crippen LogP contribution in [0, 0.1) is 6.92 Å². The van der Waals surface area contributed by atoms with Crippen molar-refractivity contribution in [1.82, 2.24) is 4.90 Å². The lowest BCUT2D eigenvalue weighted by molar-refractivity contribution is -0.123. The first-order valence-electron chi connectivity index (χ1n) is 11.3. The quantitative estimate of drug-likeness (QED) is 0.337. The van der Waals surface area contributed by atoms with Crippen molar-refractivity contribution in [3.63, 3.8) is 0 Å². The number of carbonyl (C=O) groups is 2. The van der Waals surface area contributed by atoms with Gasteiger partial charge in [-0.15, -0.1) is 0 Å². The first-order valence-corrected chi connectivity index (χ1v) is 12.5. The first-order chi connectivity index (χ1) is 16.2. The minimum Gasteiger partial charge on any atom is -0.491 e. The third-order valence-electron chi connectivity index (χ3n) is 5.16. The molecule has 0 radical (unpaired) electrons. The molecule has 0 aliphatic carbocycles. The molecule has 0 saturated carbocycles. The van der Waals surface area contributed by atoms with Crippen LogP contribution in [0.5, 0.6) is 17.2 Å². The lowest BCUT2D eigenvalue weighted by atomic mass is 10.0.